The number of aliphatic hydroxyl groups excluding tert-OH is 27. The van der Waals surface area contributed by atoms with E-state index in [2.05, 4.69) is 10.6 Å². The average molecular weight is 1750 g/mol. The summed E-state index contributed by atoms with van der Waals surface area (Å²) in [5, 5.41) is 359. The molecule has 34 N–H and O–H groups in total. The van der Waals surface area contributed by atoms with E-state index in [9.17, 15) is 192 Å². The molecule has 0 aromatic carbocycles. The Labute approximate surface area is 668 Å². The second-order valence-corrected chi connectivity index (χ2v) is 29.6. The summed E-state index contributed by atoms with van der Waals surface area (Å²) in [4.78, 5) is 78.2. The van der Waals surface area contributed by atoms with Gasteiger partial charge in [0, 0.05) is 39.5 Å². The van der Waals surface area contributed by atoms with E-state index >= 15 is 0 Å². The van der Waals surface area contributed by atoms with Gasteiger partial charge in [0.15, 0.2) is 25.2 Å². The highest BCUT2D eigenvalue weighted by Gasteiger charge is 2.67. The molecule has 0 aromatic rings. The molecule has 688 valence electrons. The zero-order chi connectivity index (χ0) is 89.1. The standard InChI is InChI=1S/C64H104N2O53/c1-15(75)65-29-17(77)3-62(58(98)99,117-47(29)32(86)20(80)7-67)114-28(14-74)35(89)48-30(66-16(2)76)18(78)4-64(118-48,60(102)103)119-50-34(88)27(13-73)106-54(40(50)94)110-49-38(92)42(21(81)8-68)107-55(39(49)93)111-51-41(95)56(108-44(23(83)10-70)52(51)112-53-37(91)36(90)33(87)26(12-72)105-53)109-46-25(6-61(104,57(96)97)115-45(46)24(84)11-71)113-63(59(100)101)5-19(79)31(85)43(116-63)22(82)9-69/h17-56,67-74,77-95,104H,3-14H2,1-2H3,(H,65,75)(H,66,76)(H,96,97)(H,98,99)(H,100,101)(H,102,103)/t17-,18-,19+,20+,21?,22+,23-,24+,25+,26+,27+,28+,29+,30+,31+,32+,33+,34-,35+,36-,37+,38+,39-,40+,41-,42+,43+,44+,45+,46+,47+,48+,49-,50-,51+,52+,53-,54-,55+,56+,61+,62+,63+,64-/m0/s1. The fraction of sp³-hybridized carbons (Fsp3) is 0.906. The van der Waals surface area contributed by atoms with Gasteiger partial charge in [0.2, 0.25) is 11.8 Å². The van der Waals surface area contributed by atoms with E-state index < -0.39 is 382 Å². The molecule has 8 aliphatic rings. The van der Waals surface area contributed by atoms with Gasteiger partial charge in [-0.05, 0) is 0 Å². The summed E-state index contributed by atoms with van der Waals surface area (Å²) >= 11 is 0. The van der Waals surface area contributed by atoms with Gasteiger partial charge in [-0.15, -0.1) is 0 Å². The van der Waals surface area contributed by atoms with Crippen LogP contribution in [0.4, 0.5) is 0 Å². The maximum atomic E-state index is 13.8. The molecular formula is C64H104N2O53. The lowest BCUT2D eigenvalue weighted by Gasteiger charge is -2.53. The first-order valence-corrected chi connectivity index (χ1v) is 36.7. The van der Waals surface area contributed by atoms with Crippen LogP contribution in [0.3, 0.4) is 0 Å². The first-order chi connectivity index (χ1) is 55.7. The number of carbonyl (C=O) groups excluding carboxylic acids is 2. The Morgan fingerprint density at radius 2 is 0.782 bits per heavy atom. The first kappa shape index (κ1) is 99.5. The number of hydrogen-bond acceptors (Lipinski definition) is 49. The predicted molar refractivity (Wildman–Crippen MR) is 356 cm³/mol. The smallest absolute Gasteiger partial charge is 0.364 e. The molecule has 119 heavy (non-hydrogen) atoms. The highest BCUT2D eigenvalue weighted by atomic mass is 16.8. The molecule has 0 bridgehead atoms. The monoisotopic (exact) mass is 1750 g/mol. The minimum absolute atomic E-state index is 0.804. The molecule has 0 aliphatic carbocycles. The minimum Gasteiger partial charge on any atom is -0.477 e. The molecule has 8 saturated heterocycles. The van der Waals surface area contributed by atoms with Crippen LogP contribution in [0, 0.1) is 0 Å². The van der Waals surface area contributed by atoms with Crippen molar-refractivity contribution in [3.63, 3.8) is 0 Å². The van der Waals surface area contributed by atoms with E-state index in [0.717, 1.165) is 13.8 Å². The number of aliphatic hydroxyl groups is 28. The molecule has 1 unspecified atom stereocenters. The predicted octanol–water partition coefficient (Wildman–Crippen LogP) is -21.3. The van der Waals surface area contributed by atoms with Crippen LogP contribution in [0.5, 0.6) is 0 Å². The van der Waals surface area contributed by atoms with E-state index in [0.29, 0.717) is 0 Å². The van der Waals surface area contributed by atoms with Crippen molar-refractivity contribution in [2.75, 3.05) is 52.9 Å². The number of ether oxygens (including phenoxy) is 15. The Kier molecular flexibility index (Phi) is 34.3. The summed E-state index contributed by atoms with van der Waals surface area (Å²) in [5.74, 6) is -25.7. The van der Waals surface area contributed by atoms with Crippen molar-refractivity contribution in [2.24, 2.45) is 0 Å². The Hall–Kier alpha value is -4.90. The second-order valence-electron chi connectivity index (χ2n) is 29.6. The highest BCUT2D eigenvalue weighted by Crippen LogP contribution is 2.46. The summed E-state index contributed by atoms with van der Waals surface area (Å²) in [7, 11) is 0. The van der Waals surface area contributed by atoms with Gasteiger partial charge >= 0.3 is 23.9 Å². The second kappa shape index (κ2) is 41.0. The van der Waals surface area contributed by atoms with Crippen LogP contribution in [-0.2, 0) is 99.8 Å². The van der Waals surface area contributed by atoms with Crippen molar-refractivity contribution in [3.05, 3.63) is 0 Å². The van der Waals surface area contributed by atoms with Crippen molar-refractivity contribution < 1.29 is 263 Å². The summed E-state index contributed by atoms with van der Waals surface area (Å²) in [6.45, 7) is -9.68. The number of carboxylic acid groups (broad SMARTS) is 4. The van der Waals surface area contributed by atoms with Gasteiger partial charge in [0.1, 0.15) is 183 Å². The first-order valence-electron chi connectivity index (χ1n) is 36.7. The fourth-order valence-corrected chi connectivity index (χ4v) is 15.0. The van der Waals surface area contributed by atoms with Crippen molar-refractivity contribution in [3.8, 4) is 0 Å². The average Bonchev–Trinajstić information content (AvgIpc) is 0.733. The highest BCUT2D eigenvalue weighted by molar-refractivity contribution is 5.78. The lowest BCUT2D eigenvalue weighted by atomic mass is 9.87. The molecule has 44 atom stereocenters. The Balaban J connectivity index is 1.18. The van der Waals surface area contributed by atoms with Crippen LogP contribution >= 0.6 is 0 Å². The zero-order valence-corrected chi connectivity index (χ0v) is 62.5. The SMILES string of the molecule is CC(=O)N[C@H]1[C@H]([C@H](O)[C@H](O)CO)O[C@@](O[C@H](CO)[C@@H](O)[C@@H]2O[C@@](O[C@H]3[C@@H](O)[C@@H](CO)O[C@@H](O[C@@H]4[C@H](O)[C@@H](O[C@@H]5[C@H](O)[C@@H](O[C@H]6[C@@H]([C@H](O)CO)O[C@@](O)(C(=O)O)C[C@H]6O[C@]6(C(=O)O)C[C@@H](O)[C@@H](O)[C@@H]([C@H](O)CO)O6)O[C@H]([C@@H](O)CO)[C@H]5O[C@@H]5O[C@H](CO)[C@@H](O)[C@H](O)[C@H]5O)O[C@H](C(O)CO)[C@H]4O)[C@@H]3O)(C(=O)O)C[C@H](O)[C@H]2NC(C)=O)(C(=O)O)C[C@@H]1O. The van der Waals surface area contributed by atoms with Gasteiger partial charge in [0.25, 0.3) is 23.1 Å². The summed E-state index contributed by atoms with van der Waals surface area (Å²) in [6, 6.07) is -3.96. The number of aliphatic carboxylic acids is 4. The lowest BCUT2D eigenvalue weighted by molar-refractivity contribution is -0.417. The maximum absolute atomic E-state index is 13.8. The van der Waals surface area contributed by atoms with Crippen molar-refractivity contribution in [1.82, 2.24) is 10.6 Å². The molecule has 0 aromatic heterocycles. The van der Waals surface area contributed by atoms with E-state index in [1.807, 2.05) is 0 Å². The van der Waals surface area contributed by atoms with Crippen LogP contribution in [-0.4, -0.2) is 520 Å². The van der Waals surface area contributed by atoms with Gasteiger partial charge < -0.3 is 245 Å². The molecule has 0 saturated carbocycles. The Morgan fingerprint density at radius 1 is 0.370 bits per heavy atom. The maximum Gasteiger partial charge on any atom is 0.364 e. The van der Waals surface area contributed by atoms with Crippen molar-refractivity contribution >= 4 is 35.7 Å². The van der Waals surface area contributed by atoms with E-state index in [1.165, 1.54) is 0 Å². The van der Waals surface area contributed by atoms with E-state index in [1.54, 1.807) is 0 Å². The summed E-state index contributed by atoms with van der Waals surface area (Å²) in [5.41, 5.74) is 0. The number of carbonyl (C=O) groups is 6. The molecule has 2 amide bonds. The molecule has 8 rings (SSSR count). The lowest BCUT2D eigenvalue weighted by Crippen LogP contribution is -2.72. The summed E-state index contributed by atoms with van der Waals surface area (Å²) in [6.07, 6.45) is -102. The topological polar surface area (TPSA) is 912 Å². The molecule has 8 heterocycles. The molecule has 8 aliphatic heterocycles. The quantitative estimate of drug-likeness (QED) is 0.0277. The zero-order valence-electron chi connectivity index (χ0n) is 62.5. The molecule has 0 radical (unpaired) electrons. The number of carboxylic acids is 4. The number of rotatable bonds is 36. The number of hydrogen-bond donors (Lipinski definition) is 34. The van der Waals surface area contributed by atoms with Gasteiger partial charge in [0.05, 0.1) is 89.4 Å². The van der Waals surface area contributed by atoms with Crippen LogP contribution in [0.1, 0.15) is 39.5 Å². The third kappa shape index (κ3) is 21.0. The van der Waals surface area contributed by atoms with E-state index in [-0.39, 0.29) is 0 Å². The van der Waals surface area contributed by atoms with Crippen molar-refractivity contribution in [2.45, 2.75) is 307 Å². The minimum atomic E-state index is -3.70. The van der Waals surface area contributed by atoms with E-state index in [4.69, 9.17) is 71.1 Å². The third-order valence-corrected chi connectivity index (χ3v) is 21.3. The molecule has 55 heteroatoms. The largest absolute Gasteiger partial charge is 0.477 e. The summed E-state index contributed by atoms with van der Waals surface area (Å²) < 4.78 is 86.3. The fourth-order valence-electron chi connectivity index (χ4n) is 15.0. The Morgan fingerprint density at radius 3 is 1.29 bits per heavy atom. The normalized spacial score (nSPS) is 45.0. The van der Waals surface area contributed by atoms with Gasteiger partial charge in [-0.25, -0.2) is 19.2 Å². The molecule has 55 nitrogen and oxygen atoms in total. The molecule has 8 fully saturated rings. The Bertz CT molecular complexity index is 3330. The van der Waals surface area contributed by atoms with Crippen LogP contribution < -0.4 is 10.6 Å². The number of nitrogens with one attached hydrogen (secondary N) is 2. The van der Waals surface area contributed by atoms with Gasteiger partial charge in [-0.2, -0.15) is 0 Å². The van der Waals surface area contributed by atoms with Gasteiger partial charge in [-0.1, -0.05) is 0 Å². The van der Waals surface area contributed by atoms with Crippen LogP contribution in [0.25, 0.3) is 0 Å². The van der Waals surface area contributed by atoms with Gasteiger partial charge in [-0.3, -0.25) is 9.59 Å². The molecule has 0 spiro atoms. The van der Waals surface area contributed by atoms with Crippen molar-refractivity contribution in [1.29, 1.82) is 0 Å². The van der Waals surface area contributed by atoms with Crippen LogP contribution in [0.2, 0.25) is 0 Å². The van der Waals surface area contributed by atoms with Crippen LogP contribution in [0.15, 0.2) is 0 Å². The molecular weight excluding hydrogens is 1640 g/mol. The third-order valence-electron chi connectivity index (χ3n) is 21.3. The number of amides is 2.